The van der Waals surface area contributed by atoms with Gasteiger partial charge < -0.3 is 14.5 Å². The molecular formula is C18H26N2O3S. The van der Waals surface area contributed by atoms with E-state index >= 15 is 0 Å². The average Bonchev–Trinajstić information content (AvgIpc) is 2.61. The Kier molecular flexibility index (Phi) is 6.54. The van der Waals surface area contributed by atoms with Crippen molar-refractivity contribution >= 4 is 23.6 Å². The van der Waals surface area contributed by atoms with Gasteiger partial charge in [-0.2, -0.15) is 0 Å². The standard InChI is InChI=1S/C18H26N2O3S/c1-13(24-16-7-5-15(23-4)6-8-16)17(21)20-11-9-14(10-12-20)18(22)19(2)3/h5-8,13-14H,9-12H2,1-4H3. The highest BCUT2D eigenvalue weighted by atomic mass is 32.2. The second kappa shape index (κ2) is 8.42. The van der Waals surface area contributed by atoms with E-state index in [1.807, 2.05) is 36.1 Å². The summed E-state index contributed by atoms with van der Waals surface area (Å²) < 4.78 is 5.15. The molecule has 1 aromatic rings. The second-order valence-corrected chi connectivity index (χ2v) is 7.68. The molecule has 1 heterocycles. The maximum atomic E-state index is 12.6. The van der Waals surface area contributed by atoms with Crippen molar-refractivity contribution in [2.75, 3.05) is 34.3 Å². The molecule has 1 fully saturated rings. The highest BCUT2D eigenvalue weighted by molar-refractivity contribution is 8.00. The van der Waals surface area contributed by atoms with E-state index in [4.69, 9.17) is 4.74 Å². The molecule has 2 rings (SSSR count). The molecule has 0 saturated carbocycles. The molecule has 132 valence electrons. The maximum absolute atomic E-state index is 12.6. The van der Waals surface area contributed by atoms with Crippen LogP contribution in [0.2, 0.25) is 0 Å². The van der Waals surface area contributed by atoms with Gasteiger partial charge in [-0.05, 0) is 44.0 Å². The third kappa shape index (κ3) is 4.66. The minimum absolute atomic E-state index is 0.0496. The summed E-state index contributed by atoms with van der Waals surface area (Å²) in [5, 5.41) is -0.139. The van der Waals surface area contributed by atoms with Crippen molar-refractivity contribution in [2.24, 2.45) is 5.92 Å². The zero-order valence-corrected chi connectivity index (χ0v) is 15.6. The molecule has 24 heavy (non-hydrogen) atoms. The van der Waals surface area contributed by atoms with Crippen LogP contribution >= 0.6 is 11.8 Å². The Balaban J connectivity index is 1.86. The molecule has 1 aliphatic rings. The summed E-state index contributed by atoms with van der Waals surface area (Å²) in [4.78, 5) is 29.2. The smallest absolute Gasteiger partial charge is 0.235 e. The summed E-state index contributed by atoms with van der Waals surface area (Å²) in [6.07, 6.45) is 1.51. The van der Waals surface area contributed by atoms with Crippen LogP contribution in [0.1, 0.15) is 19.8 Å². The number of methoxy groups -OCH3 is 1. The van der Waals surface area contributed by atoms with E-state index in [0.29, 0.717) is 13.1 Å². The zero-order valence-electron chi connectivity index (χ0n) is 14.8. The number of ether oxygens (including phenoxy) is 1. The van der Waals surface area contributed by atoms with Gasteiger partial charge in [0.05, 0.1) is 12.4 Å². The van der Waals surface area contributed by atoms with Crippen LogP contribution in [0.25, 0.3) is 0 Å². The number of hydrogen-bond donors (Lipinski definition) is 0. The van der Waals surface area contributed by atoms with E-state index in [2.05, 4.69) is 0 Å². The Bertz CT molecular complexity index is 566. The molecular weight excluding hydrogens is 324 g/mol. The van der Waals surface area contributed by atoms with E-state index in [1.165, 1.54) is 0 Å². The van der Waals surface area contributed by atoms with E-state index in [0.717, 1.165) is 23.5 Å². The fourth-order valence-electron chi connectivity index (χ4n) is 2.88. The molecule has 1 aliphatic heterocycles. The van der Waals surface area contributed by atoms with E-state index in [1.54, 1.807) is 37.9 Å². The van der Waals surface area contributed by atoms with Crippen molar-refractivity contribution < 1.29 is 14.3 Å². The molecule has 1 atom stereocenters. The molecule has 0 spiro atoms. The number of piperidine rings is 1. The number of carbonyl (C=O) groups is 2. The van der Waals surface area contributed by atoms with Gasteiger partial charge in [-0.1, -0.05) is 0 Å². The van der Waals surface area contributed by atoms with Gasteiger partial charge >= 0.3 is 0 Å². The Labute approximate surface area is 148 Å². The first-order valence-corrected chi connectivity index (χ1v) is 9.11. The molecule has 1 unspecified atom stereocenters. The quantitative estimate of drug-likeness (QED) is 0.766. The number of nitrogens with zero attached hydrogens (tertiary/aromatic N) is 2. The Morgan fingerprint density at radius 3 is 2.29 bits per heavy atom. The van der Waals surface area contributed by atoms with Crippen molar-refractivity contribution in [1.82, 2.24) is 9.80 Å². The Morgan fingerprint density at radius 1 is 1.21 bits per heavy atom. The lowest BCUT2D eigenvalue weighted by molar-refractivity contribution is -0.138. The first-order chi connectivity index (χ1) is 11.4. The SMILES string of the molecule is COc1ccc(SC(C)C(=O)N2CCC(C(=O)N(C)C)CC2)cc1. The van der Waals surface area contributed by atoms with Gasteiger partial charge in [-0.15, -0.1) is 11.8 Å². The van der Waals surface area contributed by atoms with Crippen LogP contribution in [-0.4, -0.2) is 61.2 Å². The van der Waals surface area contributed by atoms with Crippen LogP contribution in [0.3, 0.4) is 0 Å². The molecule has 0 radical (unpaired) electrons. The molecule has 1 aromatic carbocycles. The largest absolute Gasteiger partial charge is 0.497 e. The van der Waals surface area contributed by atoms with Crippen LogP contribution in [0.5, 0.6) is 5.75 Å². The van der Waals surface area contributed by atoms with Crippen molar-refractivity contribution in [1.29, 1.82) is 0 Å². The maximum Gasteiger partial charge on any atom is 0.235 e. The van der Waals surface area contributed by atoms with Crippen molar-refractivity contribution in [3.05, 3.63) is 24.3 Å². The highest BCUT2D eigenvalue weighted by Gasteiger charge is 2.30. The predicted octanol–water partition coefficient (Wildman–Crippen LogP) is 2.50. The minimum atomic E-state index is -0.139. The summed E-state index contributed by atoms with van der Waals surface area (Å²) >= 11 is 1.55. The first kappa shape index (κ1) is 18.6. The molecule has 1 saturated heterocycles. The monoisotopic (exact) mass is 350 g/mol. The van der Waals surface area contributed by atoms with Gasteiger partial charge in [0.15, 0.2) is 0 Å². The van der Waals surface area contributed by atoms with Gasteiger partial charge in [0.2, 0.25) is 11.8 Å². The van der Waals surface area contributed by atoms with Crippen LogP contribution in [0, 0.1) is 5.92 Å². The number of thioether (sulfide) groups is 1. The number of carbonyl (C=O) groups excluding carboxylic acids is 2. The van der Waals surface area contributed by atoms with Gasteiger partial charge in [0.25, 0.3) is 0 Å². The Morgan fingerprint density at radius 2 is 1.79 bits per heavy atom. The van der Waals surface area contributed by atoms with Crippen molar-refractivity contribution in [3.8, 4) is 5.75 Å². The fourth-order valence-corrected chi connectivity index (χ4v) is 3.83. The summed E-state index contributed by atoms with van der Waals surface area (Å²) in [7, 11) is 5.21. The van der Waals surface area contributed by atoms with Crippen LogP contribution in [0.4, 0.5) is 0 Å². The molecule has 5 nitrogen and oxygen atoms in total. The van der Waals surface area contributed by atoms with Crippen LogP contribution < -0.4 is 4.74 Å². The molecule has 0 bridgehead atoms. The second-order valence-electron chi connectivity index (χ2n) is 6.27. The van der Waals surface area contributed by atoms with Gasteiger partial charge in [0, 0.05) is 38.0 Å². The lowest BCUT2D eigenvalue weighted by atomic mass is 9.95. The van der Waals surface area contributed by atoms with Crippen molar-refractivity contribution in [2.45, 2.75) is 29.9 Å². The zero-order chi connectivity index (χ0) is 17.7. The summed E-state index contributed by atoms with van der Waals surface area (Å²) in [5.41, 5.74) is 0. The number of hydrogen-bond acceptors (Lipinski definition) is 4. The third-order valence-corrected chi connectivity index (χ3v) is 5.42. The highest BCUT2D eigenvalue weighted by Crippen LogP contribution is 2.28. The first-order valence-electron chi connectivity index (χ1n) is 8.23. The van der Waals surface area contributed by atoms with Crippen LogP contribution in [-0.2, 0) is 9.59 Å². The number of benzene rings is 1. The third-order valence-electron chi connectivity index (χ3n) is 4.32. The van der Waals surface area contributed by atoms with Crippen LogP contribution in [0.15, 0.2) is 29.2 Å². The van der Waals surface area contributed by atoms with Gasteiger partial charge in [-0.3, -0.25) is 9.59 Å². The number of rotatable bonds is 5. The molecule has 0 aromatic heterocycles. The van der Waals surface area contributed by atoms with Gasteiger partial charge in [0.1, 0.15) is 5.75 Å². The summed E-state index contributed by atoms with van der Waals surface area (Å²) in [6, 6.07) is 7.74. The summed E-state index contributed by atoms with van der Waals surface area (Å²) in [5.74, 6) is 1.17. The Hall–Kier alpha value is -1.69. The van der Waals surface area contributed by atoms with Gasteiger partial charge in [-0.25, -0.2) is 0 Å². The number of amides is 2. The van der Waals surface area contributed by atoms with E-state index < -0.39 is 0 Å². The minimum Gasteiger partial charge on any atom is -0.497 e. The lowest BCUT2D eigenvalue weighted by Gasteiger charge is -2.33. The normalized spacial score (nSPS) is 16.6. The average molecular weight is 350 g/mol. The lowest BCUT2D eigenvalue weighted by Crippen LogP contribution is -2.45. The molecule has 2 amide bonds. The molecule has 0 N–H and O–H groups in total. The fraction of sp³-hybridized carbons (Fsp3) is 0.556. The molecule has 0 aliphatic carbocycles. The predicted molar refractivity (Wildman–Crippen MR) is 96.3 cm³/mol. The van der Waals surface area contributed by atoms with E-state index in [9.17, 15) is 9.59 Å². The topological polar surface area (TPSA) is 49.9 Å². The summed E-state index contributed by atoms with van der Waals surface area (Å²) in [6.45, 7) is 3.27. The van der Waals surface area contributed by atoms with E-state index in [-0.39, 0.29) is 23.0 Å². The number of likely N-dealkylation sites (tertiary alicyclic amines) is 1. The van der Waals surface area contributed by atoms with Crippen molar-refractivity contribution in [3.63, 3.8) is 0 Å². The molecule has 6 heteroatoms.